The number of aliphatic hydroxyl groups is 1. The lowest BCUT2D eigenvalue weighted by Gasteiger charge is -2.49. The number of fused-ring (bicyclic) bond motifs is 2. The maximum atomic E-state index is 11.4. The summed E-state index contributed by atoms with van der Waals surface area (Å²) in [4.78, 5) is 4.82. The van der Waals surface area contributed by atoms with E-state index in [1.54, 1.807) is 11.8 Å². The second-order valence-electron chi connectivity index (χ2n) is 6.20. The number of benzene rings is 2. The van der Waals surface area contributed by atoms with E-state index in [1.807, 2.05) is 36.4 Å². The fourth-order valence-electron chi connectivity index (χ4n) is 3.83. The Morgan fingerprint density at radius 1 is 1.09 bits per heavy atom. The van der Waals surface area contributed by atoms with Crippen molar-refractivity contribution in [3.8, 4) is 0 Å². The number of aliphatic imine (C=N–C) groups is 1. The van der Waals surface area contributed by atoms with Crippen LogP contribution < -0.4 is 0 Å². The topological polar surface area (TPSA) is 39.1 Å². The van der Waals surface area contributed by atoms with E-state index in [0.29, 0.717) is 5.75 Å². The highest BCUT2D eigenvalue weighted by Crippen LogP contribution is 2.50. The summed E-state index contributed by atoms with van der Waals surface area (Å²) in [5.41, 5.74) is 2.32. The normalized spacial score (nSPS) is 29.0. The first-order valence-electron chi connectivity index (χ1n) is 7.92. The molecule has 4 nitrogen and oxygen atoms in total. The lowest BCUT2D eigenvalue weighted by atomic mass is 10.0. The van der Waals surface area contributed by atoms with Crippen molar-refractivity contribution >= 4 is 22.6 Å². The van der Waals surface area contributed by atoms with Gasteiger partial charge in [0.2, 0.25) is 0 Å². The lowest BCUT2D eigenvalue weighted by molar-refractivity contribution is -0.168. The summed E-state index contributed by atoms with van der Waals surface area (Å²) in [6, 6.07) is 18.6. The van der Waals surface area contributed by atoms with E-state index in [2.05, 4.69) is 28.2 Å². The van der Waals surface area contributed by atoms with Crippen LogP contribution in [0.25, 0.3) is 0 Å². The van der Waals surface area contributed by atoms with Crippen LogP contribution in [0.5, 0.6) is 0 Å². The molecule has 0 aliphatic carbocycles. The predicted octanol–water partition coefficient (Wildman–Crippen LogP) is 3.24. The summed E-state index contributed by atoms with van der Waals surface area (Å²) < 4.78 is 0. The third-order valence-corrected chi connectivity index (χ3v) is 6.03. The fourth-order valence-corrected chi connectivity index (χ4v) is 5.00. The van der Waals surface area contributed by atoms with E-state index >= 15 is 0 Å². The monoisotopic (exact) mass is 323 g/mol. The molecule has 1 N–H and O–H groups in total. The zero-order valence-electron chi connectivity index (χ0n) is 12.6. The number of nitrogens with zero attached hydrogens (tertiary/aromatic N) is 3. The number of rotatable bonds is 1. The van der Waals surface area contributed by atoms with Crippen LogP contribution in [0.3, 0.4) is 0 Å². The van der Waals surface area contributed by atoms with Crippen LogP contribution in [0.1, 0.15) is 23.6 Å². The summed E-state index contributed by atoms with van der Waals surface area (Å²) in [7, 11) is 0. The molecule has 2 aromatic rings. The van der Waals surface area contributed by atoms with Crippen LogP contribution >= 0.6 is 11.8 Å². The summed E-state index contributed by atoms with van der Waals surface area (Å²) in [5, 5.41) is 16.8. The number of para-hydroxylation sites is 1. The molecule has 0 radical (unpaired) electrons. The van der Waals surface area contributed by atoms with Gasteiger partial charge in [-0.3, -0.25) is 5.01 Å². The molecule has 3 heterocycles. The largest absolute Gasteiger partial charge is 0.369 e. The van der Waals surface area contributed by atoms with Crippen molar-refractivity contribution < 1.29 is 5.11 Å². The molecule has 5 heteroatoms. The van der Waals surface area contributed by atoms with Gasteiger partial charge in [-0.25, -0.2) is 4.99 Å². The second-order valence-corrected chi connectivity index (χ2v) is 7.14. The Morgan fingerprint density at radius 3 is 2.74 bits per heavy atom. The van der Waals surface area contributed by atoms with Gasteiger partial charge in [0.05, 0.1) is 11.7 Å². The van der Waals surface area contributed by atoms with Gasteiger partial charge < -0.3 is 5.11 Å². The predicted molar refractivity (Wildman–Crippen MR) is 92.2 cm³/mol. The van der Waals surface area contributed by atoms with Crippen molar-refractivity contribution in [3.63, 3.8) is 0 Å². The van der Waals surface area contributed by atoms with Gasteiger partial charge in [0.1, 0.15) is 0 Å². The number of amidine groups is 1. The zero-order valence-corrected chi connectivity index (χ0v) is 13.4. The Bertz CT molecular complexity index is 794. The number of hydrazine groups is 1. The van der Waals surface area contributed by atoms with Gasteiger partial charge >= 0.3 is 0 Å². The van der Waals surface area contributed by atoms with Crippen molar-refractivity contribution in [1.29, 1.82) is 0 Å². The summed E-state index contributed by atoms with van der Waals surface area (Å²) in [5.74, 6) is 0.598. The van der Waals surface area contributed by atoms with Crippen LogP contribution in [0.15, 0.2) is 59.6 Å². The van der Waals surface area contributed by atoms with Crippen LogP contribution in [-0.4, -0.2) is 32.6 Å². The van der Waals surface area contributed by atoms with Gasteiger partial charge in [-0.2, -0.15) is 5.01 Å². The summed E-state index contributed by atoms with van der Waals surface area (Å²) in [6.45, 7) is 0.837. The minimum atomic E-state index is -0.966. The second kappa shape index (κ2) is 4.84. The highest BCUT2D eigenvalue weighted by Gasteiger charge is 2.52. The van der Waals surface area contributed by atoms with E-state index in [0.717, 1.165) is 29.4 Å². The van der Waals surface area contributed by atoms with Crippen LogP contribution in [0.4, 0.5) is 5.69 Å². The maximum Gasteiger partial charge on any atom is 0.179 e. The van der Waals surface area contributed by atoms with Gasteiger partial charge in [0.15, 0.2) is 10.9 Å². The summed E-state index contributed by atoms with van der Waals surface area (Å²) >= 11 is 1.64. The third-order valence-electron chi connectivity index (χ3n) is 4.94. The molecule has 2 fully saturated rings. The third kappa shape index (κ3) is 1.84. The standard InChI is InChI=1S/C18H17N3OS/c22-18(13-6-2-1-3-7-13)12-23-17-19-15-9-5-4-8-14(15)16-10-11-20(18)21(16)17/h1-9,16,22H,10-12H2/t16-,18-/m1/s1. The van der Waals surface area contributed by atoms with Crippen molar-refractivity contribution in [2.75, 3.05) is 12.3 Å². The molecule has 0 bridgehead atoms. The van der Waals surface area contributed by atoms with Crippen molar-refractivity contribution in [2.24, 2.45) is 4.99 Å². The molecule has 0 saturated carbocycles. The number of hydrogen-bond acceptors (Lipinski definition) is 5. The van der Waals surface area contributed by atoms with Gasteiger partial charge in [-0.05, 0) is 12.5 Å². The highest BCUT2D eigenvalue weighted by molar-refractivity contribution is 8.13. The van der Waals surface area contributed by atoms with E-state index < -0.39 is 5.72 Å². The quantitative estimate of drug-likeness (QED) is 0.874. The number of thioether (sulfide) groups is 1. The molecule has 2 aromatic carbocycles. The molecule has 0 aromatic heterocycles. The average Bonchev–Trinajstić information content (AvgIpc) is 3.06. The molecule has 0 spiro atoms. The van der Waals surface area contributed by atoms with E-state index in [1.165, 1.54) is 5.56 Å². The fraction of sp³-hybridized carbons (Fsp3) is 0.278. The molecule has 3 aliphatic heterocycles. The molecule has 116 valence electrons. The Labute approximate surface area is 139 Å². The molecule has 0 amide bonds. The minimum Gasteiger partial charge on any atom is -0.369 e. The van der Waals surface area contributed by atoms with Gasteiger partial charge in [-0.15, -0.1) is 0 Å². The SMILES string of the molecule is O[C@@]1(c2ccccc2)CSC2=Nc3ccccc3[C@H]3CCN1N23. The molecule has 23 heavy (non-hydrogen) atoms. The van der Waals surface area contributed by atoms with Crippen molar-refractivity contribution in [1.82, 2.24) is 10.0 Å². The highest BCUT2D eigenvalue weighted by atomic mass is 32.2. The first-order valence-corrected chi connectivity index (χ1v) is 8.91. The van der Waals surface area contributed by atoms with Gasteiger partial charge in [-0.1, -0.05) is 60.3 Å². The molecule has 5 rings (SSSR count). The lowest BCUT2D eigenvalue weighted by Crippen LogP contribution is -2.59. The van der Waals surface area contributed by atoms with Crippen LogP contribution in [0.2, 0.25) is 0 Å². The Kier molecular flexibility index (Phi) is 2.86. The molecule has 0 unspecified atom stereocenters. The molecular weight excluding hydrogens is 306 g/mol. The molecule has 2 atom stereocenters. The first kappa shape index (κ1) is 13.6. The van der Waals surface area contributed by atoms with Crippen LogP contribution in [0, 0.1) is 0 Å². The first-order chi connectivity index (χ1) is 11.3. The van der Waals surface area contributed by atoms with E-state index in [-0.39, 0.29) is 6.04 Å². The van der Waals surface area contributed by atoms with Crippen molar-refractivity contribution in [2.45, 2.75) is 18.2 Å². The van der Waals surface area contributed by atoms with Gasteiger partial charge in [0.25, 0.3) is 0 Å². The minimum absolute atomic E-state index is 0.279. The molecule has 3 aliphatic rings. The molecular formula is C18H17N3OS. The molecule has 2 saturated heterocycles. The average molecular weight is 323 g/mol. The Balaban J connectivity index is 1.62. The summed E-state index contributed by atoms with van der Waals surface area (Å²) in [6.07, 6.45) is 1.01. The number of hydrogen-bond donors (Lipinski definition) is 1. The van der Waals surface area contributed by atoms with Gasteiger partial charge in [0, 0.05) is 23.4 Å². The van der Waals surface area contributed by atoms with Crippen molar-refractivity contribution in [3.05, 3.63) is 65.7 Å². The van der Waals surface area contributed by atoms with Crippen LogP contribution in [-0.2, 0) is 5.72 Å². The maximum absolute atomic E-state index is 11.4. The zero-order chi connectivity index (χ0) is 15.4. The Morgan fingerprint density at radius 2 is 1.87 bits per heavy atom. The Hall–Kier alpha value is -1.82. The smallest absolute Gasteiger partial charge is 0.179 e. The van der Waals surface area contributed by atoms with E-state index in [9.17, 15) is 5.11 Å². The van der Waals surface area contributed by atoms with E-state index in [4.69, 9.17) is 4.99 Å².